The summed E-state index contributed by atoms with van der Waals surface area (Å²) in [6, 6.07) is 10.6. The molecule has 3 aliphatic heterocycles. The minimum atomic E-state index is -0.580. The minimum Gasteiger partial charge on any atom is -0.497 e. The average molecular weight is 410 g/mol. The molecular weight excluding hydrogens is 392 g/mol. The van der Waals surface area contributed by atoms with E-state index >= 15 is 0 Å². The van der Waals surface area contributed by atoms with Gasteiger partial charge in [0, 0.05) is 12.1 Å². The van der Waals surface area contributed by atoms with Crippen LogP contribution >= 0.6 is 0 Å². The number of amides is 2. The number of hydrogen-bond acceptors (Lipinski definition) is 7. The first-order valence-corrected chi connectivity index (χ1v) is 9.61. The SMILES string of the molecule is COc1ccc(Oc2cc(N3C(=O)[C@@H]4[C@H](C3=O)[C@H]3CC[C@@H]4O3)cc([N+](=O)[O-])c2)cc1. The van der Waals surface area contributed by atoms with Crippen molar-refractivity contribution in [1.29, 1.82) is 0 Å². The highest BCUT2D eigenvalue weighted by molar-refractivity contribution is 6.23. The van der Waals surface area contributed by atoms with Crippen LogP contribution in [0.15, 0.2) is 42.5 Å². The van der Waals surface area contributed by atoms with Gasteiger partial charge < -0.3 is 14.2 Å². The first kappa shape index (κ1) is 18.6. The summed E-state index contributed by atoms with van der Waals surface area (Å²) in [4.78, 5) is 37.9. The van der Waals surface area contributed by atoms with E-state index in [2.05, 4.69) is 0 Å². The number of rotatable bonds is 5. The number of non-ortho nitro benzene ring substituents is 1. The van der Waals surface area contributed by atoms with Crippen molar-refractivity contribution in [1.82, 2.24) is 0 Å². The molecule has 3 aliphatic rings. The Morgan fingerprint density at radius 2 is 1.57 bits per heavy atom. The zero-order valence-electron chi connectivity index (χ0n) is 16.0. The molecule has 0 unspecified atom stereocenters. The molecule has 5 rings (SSSR count). The van der Waals surface area contributed by atoms with Crippen LogP contribution in [0, 0.1) is 22.0 Å². The van der Waals surface area contributed by atoms with E-state index in [0.29, 0.717) is 11.5 Å². The molecule has 2 aromatic rings. The number of methoxy groups -OCH3 is 1. The third-order valence-corrected chi connectivity index (χ3v) is 5.92. The van der Waals surface area contributed by atoms with Gasteiger partial charge in [0.1, 0.15) is 17.2 Å². The van der Waals surface area contributed by atoms with Crippen molar-refractivity contribution in [2.45, 2.75) is 25.0 Å². The predicted molar refractivity (Wildman–Crippen MR) is 104 cm³/mol. The number of carbonyl (C=O) groups is 2. The normalized spacial score (nSPS) is 26.8. The molecule has 0 aromatic heterocycles. The summed E-state index contributed by atoms with van der Waals surface area (Å²) in [5.41, 5.74) is -0.135. The van der Waals surface area contributed by atoms with Gasteiger partial charge in [-0.3, -0.25) is 19.7 Å². The molecule has 2 aromatic carbocycles. The van der Waals surface area contributed by atoms with Crippen LogP contribution in [0.3, 0.4) is 0 Å². The molecular formula is C21H18N2O7. The maximum atomic E-state index is 13.0. The number of nitrogens with zero attached hydrogens (tertiary/aromatic N) is 2. The van der Waals surface area contributed by atoms with Gasteiger partial charge in [0.05, 0.1) is 47.8 Å². The van der Waals surface area contributed by atoms with Crippen molar-refractivity contribution in [3.8, 4) is 17.2 Å². The van der Waals surface area contributed by atoms with Crippen molar-refractivity contribution in [2.75, 3.05) is 12.0 Å². The molecule has 9 nitrogen and oxygen atoms in total. The van der Waals surface area contributed by atoms with Crippen molar-refractivity contribution in [2.24, 2.45) is 11.8 Å². The van der Waals surface area contributed by atoms with Gasteiger partial charge in [-0.25, -0.2) is 4.90 Å². The van der Waals surface area contributed by atoms with E-state index in [4.69, 9.17) is 14.2 Å². The zero-order valence-corrected chi connectivity index (χ0v) is 16.0. The molecule has 9 heteroatoms. The smallest absolute Gasteiger partial charge is 0.275 e. The van der Waals surface area contributed by atoms with E-state index in [1.165, 1.54) is 18.2 Å². The number of nitro benzene ring substituents is 1. The Morgan fingerprint density at radius 3 is 2.13 bits per heavy atom. The van der Waals surface area contributed by atoms with Gasteiger partial charge >= 0.3 is 0 Å². The van der Waals surface area contributed by atoms with E-state index in [-0.39, 0.29) is 41.1 Å². The van der Waals surface area contributed by atoms with E-state index in [9.17, 15) is 19.7 Å². The number of fused-ring (bicyclic) bond motifs is 5. The Labute approximate surface area is 171 Å². The molecule has 0 spiro atoms. The van der Waals surface area contributed by atoms with Crippen LogP contribution in [0.4, 0.5) is 11.4 Å². The standard InChI is InChI=1S/C21H18N2O7/c1-28-13-2-4-14(5-3-13)29-15-9-11(8-12(10-15)23(26)27)22-20(24)18-16-6-7-17(30-16)19(18)21(22)25/h2-5,8-10,16-19H,6-7H2,1H3/t16-,17+,18-,19+. The molecule has 30 heavy (non-hydrogen) atoms. The number of hydrogen-bond donors (Lipinski definition) is 0. The highest BCUT2D eigenvalue weighted by Crippen LogP contribution is 2.50. The summed E-state index contributed by atoms with van der Waals surface area (Å²) in [6.07, 6.45) is 0.990. The lowest BCUT2D eigenvalue weighted by Crippen LogP contribution is -2.34. The number of benzene rings is 2. The fraction of sp³-hybridized carbons (Fsp3) is 0.333. The lowest BCUT2D eigenvalue weighted by Gasteiger charge is -2.18. The summed E-state index contributed by atoms with van der Waals surface area (Å²) in [5, 5.41) is 11.5. The highest BCUT2D eigenvalue weighted by Gasteiger charge is 2.62. The van der Waals surface area contributed by atoms with Crippen molar-refractivity contribution in [3.05, 3.63) is 52.6 Å². The quantitative estimate of drug-likeness (QED) is 0.423. The van der Waals surface area contributed by atoms with E-state index in [1.54, 1.807) is 31.4 Å². The molecule has 0 N–H and O–H groups in total. The predicted octanol–water partition coefficient (Wildman–Crippen LogP) is 3.06. The van der Waals surface area contributed by atoms with Crippen LogP contribution in [0.25, 0.3) is 0 Å². The van der Waals surface area contributed by atoms with Crippen molar-refractivity contribution in [3.63, 3.8) is 0 Å². The molecule has 2 amide bonds. The first-order valence-electron chi connectivity index (χ1n) is 9.61. The maximum absolute atomic E-state index is 13.0. The second-order valence-corrected chi connectivity index (χ2v) is 7.57. The number of imide groups is 1. The molecule has 4 atom stereocenters. The Bertz CT molecular complexity index is 1020. The van der Waals surface area contributed by atoms with Crippen LogP contribution in [-0.2, 0) is 14.3 Å². The monoisotopic (exact) mass is 410 g/mol. The minimum absolute atomic E-state index is 0.136. The number of anilines is 1. The fourth-order valence-electron chi connectivity index (χ4n) is 4.61. The second kappa shape index (κ2) is 6.81. The average Bonchev–Trinajstić information content (AvgIpc) is 3.42. The third-order valence-electron chi connectivity index (χ3n) is 5.92. The van der Waals surface area contributed by atoms with Gasteiger partial charge in [-0.15, -0.1) is 0 Å². The van der Waals surface area contributed by atoms with Gasteiger partial charge in [-0.1, -0.05) is 0 Å². The molecule has 0 radical (unpaired) electrons. The van der Waals surface area contributed by atoms with Crippen LogP contribution < -0.4 is 14.4 Å². The van der Waals surface area contributed by atoms with Crippen LogP contribution in [-0.4, -0.2) is 36.1 Å². The summed E-state index contributed by atoms with van der Waals surface area (Å²) in [7, 11) is 1.54. The Morgan fingerprint density at radius 1 is 0.967 bits per heavy atom. The summed E-state index contributed by atoms with van der Waals surface area (Å²) >= 11 is 0. The highest BCUT2D eigenvalue weighted by atomic mass is 16.6. The summed E-state index contributed by atoms with van der Waals surface area (Å²) in [5.74, 6) is -0.534. The lowest BCUT2D eigenvalue weighted by molar-refractivity contribution is -0.384. The number of carbonyl (C=O) groups excluding carboxylic acids is 2. The third kappa shape index (κ3) is 2.81. The van der Waals surface area contributed by atoms with Crippen LogP contribution in [0.5, 0.6) is 17.2 Å². The Hall–Kier alpha value is -3.46. The summed E-state index contributed by atoms with van der Waals surface area (Å²) in [6.45, 7) is 0. The molecule has 3 saturated heterocycles. The Kier molecular flexibility index (Phi) is 4.21. The van der Waals surface area contributed by atoms with Gasteiger partial charge in [0.2, 0.25) is 11.8 Å². The number of nitro groups is 1. The molecule has 154 valence electrons. The second-order valence-electron chi connectivity index (χ2n) is 7.57. The van der Waals surface area contributed by atoms with E-state index in [0.717, 1.165) is 17.7 Å². The first-order chi connectivity index (χ1) is 14.5. The molecule has 2 bridgehead atoms. The van der Waals surface area contributed by atoms with Gasteiger partial charge in [-0.05, 0) is 37.1 Å². The largest absolute Gasteiger partial charge is 0.497 e. The zero-order chi connectivity index (χ0) is 21.0. The Balaban J connectivity index is 1.49. The van der Waals surface area contributed by atoms with Crippen LogP contribution in [0.1, 0.15) is 12.8 Å². The molecule has 3 heterocycles. The van der Waals surface area contributed by atoms with Crippen molar-refractivity contribution >= 4 is 23.2 Å². The molecule has 0 aliphatic carbocycles. The van der Waals surface area contributed by atoms with Gasteiger partial charge in [-0.2, -0.15) is 0 Å². The maximum Gasteiger partial charge on any atom is 0.275 e. The van der Waals surface area contributed by atoms with Gasteiger partial charge in [0.25, 0.3) is 5.69 Å². The van der Waals surface area contributed by atoms with Gasteiger partial charge in [0.15, 0.2) is 0 Å². The molecule has 3 fully saturated rings. The summed E-state index contributed by atoms with van der Waals surface area (Å²) < 4.78 is 16.6. The van der Waals surface area contributed by atoms with Crippen LogP contribution in [0.2, 0.25) is 0 Å². The van der Waals surface area contributed by atoms with E-state index < -0.39 is 16.8 Å². The fourth-order valence-corrected chi connectivity index (χ4v) is 4.61. The molecule has 0 saturated carbocycles. The lowest BCUT2D eigenvalue weighted by atomic mass is 9.81. The topological polar surface area (TPSA) is 108 Å². The van der Waals surface area contributed by atoms with E-state index in [1.807, 2.05) is 0 Å². The van der Waals surface area contributed by atoms with Crippen molar-refractivity contribution < 1.29 is 28.7 Å². The number of ether oxygens (including phenoxy) is 3.